The van der Waals surface area contributed by atoms with Crippen molar-refractivity contribution in [3.63, 3.8) is 0 Å². The van der Waals surface area contributed by atoms with Crippen LogP contribution in [0.5, 0.6) is 11.5 Å². The Morgan fingerprint density at radius 1 is 1.08 bits per heavy atom. The highest BCUT2D eigenvalue weighted by Gasteiger charge is 2.27. The van der Waals surface area contributed by atoms with Gasteiger partial charge in [0, 0.05) is 23.7 Å². The lowest BCUT2D eigenvalue weighted by Gasteiger charge is -2.35. The maximum Gasteiger partial charge on any atom is 0.259 e. The van der Waals surface area contributed by atoms with Gasteiger partial charge in [-0.25, -0.2) is 4.67 Å². The standard InChI is InChI=1S/C18H29N2O4P/c1-14(2)20(15(3)4)25(23-11-7-10-19)24-13-16-8-9-17(21-5)12-18(16)22-6/h8-9,12,14-15H,7,11,13H2,1-6H3. The molecule has 7 heteroatoms. The summed E-state index contributed by atoms with van der Waals surface area (Å²) >= 11 is 0. The Morgan fingerprint density at radius 2 is 1.76 bits per heavy atom. The molecule has 0 bridgehead atoms. The third-order valence-corrected chi connectivity index (χ3v) is 5.54. The Bertz CT molecular complexity index is 552. The zero-order valence-corrected chi connectivity index (χ0v) is 16.9. The highest BCUT2D eigenvalue weighted by atomic mass is 31.2. The third kappa shape index (κ3) is 6.80. The molecule has 0 spiro atoms. The molecular formula is C18H29N2O4P. The minimum Gasteiger partial charge on any atom is -0.497 e. The summed E-state index contributed by atoms with van der Waals surface area (Å²) in [6, 6.07) is 8.28. The summed E-state index contributed by atoms with van der Waals surface area (Å²) in [7, 11) is 1.97. The summed E-state index contributed by atoms with van der Waals surface area (Å²) in [5.41, 5.74) is 0.923. The van der Waals surface area contributed by atoms with Crippen LogP contribution in [0.2, 0.25) is 0 Å². The highest BCUT2D eigenvalue weighted by molar-refractivity contribution is 7.44. The van der Waals surface area contributed by atoms with Crippen LogP contribution in [-0.4, -0.2) is 37.6 Å². The largest absolute Gasteiger partial charge is 0.497 e. The van der Waals surface area contributed by atoms with Gasteiger partial charge in [0.15, 0.2) is 0 Å². The van der Waals surface area contributed by atoms with Crippen molar-refractivity contribution in [1.29, 1.82) is 5.26 Å². The summed E-state index contributed by atoms with van der Waals surface area (Å²) in [6.07, 6.45) is 0.345. The predicted molar refractivity (Wildman–Crippen MR) is 99.5 cm³/mol. The number of nitrogens with zero attached hydrogens (tertiary/aromatic N) is 2. The minimum atomic E-state index is -1.27. The van der Waals surface area contributed by atoms with E-state index in [2.05, 4.69) is 38.4 Å². The molecule has 1 atom stereocenters. The monoisotopic (exact) mass is 368 g/mol. The van der Waals surface area contributed by atoms with Crippen molar-refractivity contribution >= 4 is 8.53 Å². The Morgan fingerprint density at radius 3 is 2.28 bits per heavy atom. The second-order valence-electron chi connectivity index (χ2n) is 6.00. The number of methoxy groups -OCH3 is 2. The van der Waals surface area contributed by atoms with Crippen molar-refractivity contribution in [2.45, 2.75) is 52.8 Å². The minimum absolute atomic E-state index is 0.269. The summed E-state index contributed by atoms with van der Waals surface area (Å²) < 4.78 is 24.8. The van der Waals surface area contributed by atoms with Crippen LogP contribution in [-0.2, 0) is 15.7 Å². The summed E-state index contributed by atoms with van der Waals surface area (Å²) in [4.78, 5) is 0. The van der Waals surface area contributed by atoms with Gasteiger partial charge in [0.2, 0.25) is 0 Å². The van der Waals surface area contributed by atoms with Crippen LogP contribution in [0.15, 0.2) is 18.2 Å². The molecule has 0 aliphatic rings. The first kappa shape index (κ1) is 21.7. The van der Waals surface area contributed by atoms with E-state index in [-0.39, 0.29) is 12.1 Å². The molecular weight excluding hydrogens is 339 g/mol. The molecule has 0 heterocycles. The zero-order chi connectivity index (χ0) is 18.8. The van der Waals surface area contributed by atoms with Gasteiger partial charge in [-0.1, -0.05) is 0 Å². The van der Waals surface area contributed by atoms with Crippen molar-refractivity contribution in [1.82, 2.24) is 4.67 Å². The molecule has 0 fully saturated rings. The van der Waals surface area contributed by atoms with Crippen molar-refractivity contribution in [2.75, 3.05) is 20.8 Å². The van der Waals surface area contributed by atoms with Gasteiger partial charge in [-0.15, -0.1) is 0 Å². The van der Waals surface area contributed by atoms with Gasteiger partial charge in [-0.05, 0) is 39.8 Å². The lowest BCUT2D eigenvalue weighted by Crippen LogP contribution is -2.33. The Hall–Kier alpha value is -1.38. The molecule has 0 saturated heterocycles. The van der Waals surface area contributed by atoms with E-state index in [4.69, 9.17) is 23.8 Å². The first-order valence-corrected chi connectivity index (χ1v) is 9.49. The van der Waals surface area contributed by atoms with Crippen molar-refractivity contribution in [2.24, 2.45) is 0 Å². The normalized spacial score (nSPS) is 12.5. The number of rotatable bonds is 11. The number of benzene rings is 1. The highest BCUT2D eigenvalue weighted by Crippen LogP contribution is 2.47. The average molecular weight is 368 g/mol. The fourth-order valence-electron chi connectivity index (χ4n) is 2.41. The van der Waals surface area contributed by atoms with Crippen LogP contribution in [0.3, 0.4) is 0 Å². The maximum absolute atomic E-state index is 8.76. The SMILES string of the molecule is COc1ccc(COP(OCCC#N)N(C(C)C)C(C)C)c(OC)c1. The van der Waals surface area contributed by atoms with Crippen molar-refractivity contribution in [3.05, 3.63) is 23.8 Å². The number of ether oxygens (including phenoxy) is 2. The Labute approximate surface area is 152 Å². The van der Waals surface area contributed by atoms with Crippen LogP contribution in [0, 0.1) is 11.3 Å². The van der Waals surface area contributed by atoms with E-state index in [1.54, 1.807) is 14.2 Å². The molecule has 25 heavy (non-hydrogen) atoms. The lowest BCUT2D eigenvalue weighted by atomic mass is 10.2. The number of nitriles is 1. The first-order chi connectivity index (χ1) is 11.9. The zero-order valence-electron chi connectivity index (χ0n) is 16.0. The molecule has 0 saturated carbocycles. The molecule has 1 aromatic rings. The van der Waals surface area contributed by atoms with Crippen LogP contribution in [0.1, 0.15) is 39.7 Å². The number of hydrogen-bond acceptors (Lipinski definition) is 6. The molecule has 1 aromatic carbocycles. The molecule has 6 nitrogen and oxygen atoms in total. The van der Waals surface area contributed by atoms with Crippen molar-refractivity contribution < 1.29 is 18.5 Å². The van der Waals surface area contributed by atoms with E-state index >= 15 is 0 Å². The fourth-order valence-corrected chi connectivity index (χ4v) is 4.00. The predicted octanol–water partition coefficient (Wildman–Crippen LogP) is 4.50. The fraction of sp³-hybridized carbons (Fsp3) is 0.611. The molecule has 1 rings (SSSR count). The Kier molecular flexibility index (Phi) is 9.77. The maximum atomic E-state index is 8.76. The van der Waals surface area contributed by atoms with E-state index < -0.39 is 8.53 Å². The summed E-state index contributed by atoms with van der Waals surface area (Å²) in [6.45, 7) is 9.17. The average Bonchev–Trinajstić information content (AvgIpc) is 2.58. The van der Waals surface area contributed by atoms with Crippen LogP contribution in [0.4, 0.5) is 0 Å². The van der Waals surface area contributed by atoms with Crippen LogP contribution >= 0.6 is 8.53 Å². The molecule has 0 N–H and O–H groups in total. The molecule has 0 aliphatic heterocycles. The Balaban J connectivity index is 2.88. The lowest BCUT2D eigenvalue weighted by molar-refractivity contribution is 0.170. The second kappa shape index (κ2) is 11.3. The van der Waals surface area contributed by atoms with Gasteiger partial charge in [-0.3, -0.25) is 0 Å². The smallest absolute Gasteiger partial charge is 0.259 e. The molecule has 0 radical (unpaired) electrons. The van der Waals surface area contributed by atoms with Gasteiger partial charge in [0.25, 0.3) is 8.53 Å². The van der Waals surface area contributed by atoms with Crippen LogP contribution < -0.4 is 9.47 Å². The number of hydrogen-bond donors (Lipinski definition) is 0. The molecule has 140 valence electrons. The summed E-state index contributed by atoms with van der Waals surface area (Å²) in [5.74, 6) is 1.45. The second-order valence-corrected chi connectivity index (χ2v) is 7.45. The van der Waals surface area contributed by atoms with Crippen LogP contribution in [0.25, 0.3) is 0 Å². The van der Waals surface area contributed by atoms with E-state index in [9.17, 15) is 0 Å². The molecule has 1 unspecified atom stereocenters. The van der Waals surface area contributed by atoms with E-state index in [1.165, 1.54) is 0 Å². The van der Waals surface area contributed by atoms with Gasteiger partial charge in [0.05, 0.1) is 39.9 Å². The van der Waals surface area contributed by atoms with Gasteiger partial charge in [0.1, 0.15) is 11.5 Å². The molecule has 0 aliphatic carbocycles. The molecule has 0 amide bonds. The quantitative estimate of drug-likeness (QED) is 0.423. The third-order valence-electron chi connectivity index (χ3n) is 3.49. The summed E-state index contributed by atoms with van der Waals surface area (Å²) in [5, 5.41) is 8.76. The molecule has 0 aromatic heterocycles. The topological polar surface area (TPSA) is 64.0 Å². The first-order valence-electron chi connectivity index (χ1n) is 8.36. The van der Waals surface area contributed by atoms with E-state index in [0.29, 0.717) is 25.4 Å². The van der Waals surface area contributed by atoms with E-state index in [1.807, 2.05) is 18.2 Å². The van der Waals surface area contributed by atoms with Gasteiger partial charge >= 0.3 is 0 Å². The van der Waals surface area contributed by atoms with Gasteiger partial charge < -0.3 is 18.5 Å². The van der Waals surface area contributed by atoms with Crippen molar-refractivity contribution in [3.8, 4) is 17.6 Å². The van der Waals surface area contributed by atoms with E-state index in [0.717, 1.165) is 11.3 Å². The van der Waals surface area contributed by atoms with Gasteiger partial charge in [-0.2, -0.15) is 5.26 Å².